The van der Waals surface area contributed by atoms with Gasteiger partial charge in [-0.05, 0) is 49.2 Å². The van der Waals surface area contributed by atoms with Gasteiger partial charge in [-0.15, -0.1) is 0 Å². The molecule has 30 heavy (non-hydrogen) atoms. The highest BCUT2D eigenvalue weighted by molar-refractivity contribution is 7.90. The topological polar surface area (TPSA) is 87.5 Å². The van der Waals surface area contributed by atoms with Crippen molar-refractivity contribution in [1.29, 1.82) is 5.26 Å². The van der Waals surface area contributed by atoms with Crippen LogP contribution in [0.5, 0.6) is 5.75 Å². The number of alkyl halides is 3. The largest absolute Gasteiger partial charge is 0.480 e. The Morgan fingerprint density at radius 3 is 2.53 bits per heavy atom. The van der Waals surface area contributed by atoms with E-state index in [1.807, 2.05) is 6.07 Å². The maximum atomic E-state index is 13.2. The highest BCUT2D eigenvalue weighted by atomic mass is 32.2. The van der Waals surface area contributed by atoms with Crippen molar-refractivity contribution >= 4 is 21.4 Å². The molecule has 6 nitrogen and oxygen atoms in total. The summed E-state index contributed by atoms with van der Waals surface area (Å²) < 4.78 is 67.7. The van der Waals surface area contributed by atoms with Crippen LogP contribution in [0, 0.1) is 11.3 Å². The van der Waals surface area contributed by atoms with Crippen molar-refractivity contribution in [3.8, 4) is 11.8 Å². The van der Waals surface area contributed by atoms with E-state index in [2.05, 4.69) is 0 Å². The Hall–Kier alpha value is -3.06. The number of carbonyl (C=O) groups is 1. The van der Waals surface area contributed by atoms with E-state index in [4.69, 9.17) is 10.00 Å². The normalized spacial score (nSPS) is 14.7. The molecule has 1 aliphatic rings. The molecule has 158 valence electrons. The van der Waals surface area contributed by atoms with Crippen molar-refractivity contribution in [2.75, 3.05) is 17.7 Å². The zero-order valence-corrected chi connectivity index (χ0v) is 16.8. The predicted octanol–water partition coefficient (Wildman–Crippen LogP) is 3.49. The van der Waals surface area contributed by atoms with E-state index in [1.165, 1.54) is 11.0 Å². The van der Waals surface area contributed by atoms with Gasteiger partial charge in [-0.3, -0.25) is 4.79 Å². The summed E-state index contributed by atoms with van der Waals surface area (Å²) in [6, 6.07) is 9.96. The number of benzene rings is 2. The number of fused-ring (bicyclic) bond motifs is 1. The highest BCUT2D eigenvalue weighted by Gasteiger charge is 2.39. The summed E-state index contributed by atoms with van der Waals surface area (Å²) in [4.78, 5) is 14.3. The molecule has 0 N–H and O–H groups in total. The summed E-state index contributed by atoms with van der Waals surface area (Å²) in [5, 5.41) is 9.11. The Bertz CT molecular complexity index is 1150. The third-order valence-electron chi connectivity index (χ3n) is 4.73. The molecule has 0 aromatic heterocycles. The monoisotopic (exact) mass is 438 g/mol. The summed E-state index contributed by atoms with van der Waals surface area (Å²) in [7, 11) is -3.72. The van der Waals surface area contributed by atoms with Crippen molar-refractivity contribution in [2.45, 2.75) is 30.5 Å². The van der Waals surface area contributed by atoms with Crippen LogP contribution in [-0.4, -0.2) is 39.4 Å². The van der Waals surface area contributed by atoms with Gasteiger partial charge < -0.3 is 9.64 Å². The summed E-state index contributed by atoms with van der Waals surface area (Å²) in [6.45, 7) is 1.03. The van der Waals surface area contributed by atoms with Crippen molar-refractivity contribution in [3.63, 3.8) is 0 Å². The lowest BCUT2D eigenvalue weighted by molar-refractivity contribution is -0.189. The lowest BCUT2D eigenvalue weighted by Gasteiger charge is -2.23. The summed E-state index contributed by atoms with van der Waals surface area (Å²) in [5.41, 5.74) is 1.27. The third kappa shape index (κ3) is 4.26. The molecule has 1 amide bonds. The second-order valence-corrected chi connectivity index (χ2v) is 8.91. The van der Waals surface area contributed by atoms with Crippen molar-refractivity contribution in [2.24, 2.45) is 0 Å². The number of halogens is 3. The average Bonchev–Trinajstić information content (AvgIpc) is 3.09. The van der Waals surface area contributed by atoms with E-state index in [9.17, 15) is 26.4 Å². The number of amides is 1. The molecule has 2 aromatic rings. The van der Waals surface area contributed by atoms with Gasteiger partial charge >= 0.3 is 6.18 Å². The number of sulfone groups is 1. The van der Waals surface area contributed by atoms with Gasteiger partial charge in [0.15, 0.2) is 15.9 Å². The lowest BCUT2D eigenvalue weighted by Crippen LogP contribution is -2.33. The zero-order valence-electron chi connectivity index (χ0n) is 16.0. The molecule has 3 rings (SSSR count). The first-order chi connectivity index (χ1) is 13.9. The second kappa shape index (κ2) is 7.65. The molecule has 1 aliphatic heterocycles. The third-order valence-corrected chi connectivity index (χ3v) is 5.84. The number of ether oxygens (including phenoxy) is 1. The van der Waals surface area contributed by atoms with Crippen LogP contribution in [-0.2, 0) is 16.3 Å². The molecule has 1 heterocycles. The molecule has 0 unspecified atom stereocenters. The van der Waals surface area contributed by atoms with Gasteiger partial charge in [0.25, 0.3) is 5.91 Å². The molecule has 0 bridgehead atoms. The quantitative estimate of drug-likeness (QED) is 0.729. The number of hydrogen-bond acceptors (Lipinski definition) is 5. The lowest BCUT2D eigenvalue weighted by atomic mass is 10.1. The van der Waals surface area contributed by atoms with E-state index in [0.717, 1.165) is 36.9 Å². The van der Waals surface area contributed by atoms with Gasteiger partial charge in [-0.1, -0.05) is 6.07 Å². The first-order valence-corrected chi connectivity index (χ1v) is 10.7. The van der Waals surface area contributed by atoms with Gasteiger partial charge in [0, 0.05) is 18.5 Å². The SMILES string of the molecule is C[C@H](Oc1ccc(S(C)(=O)=O)cc1C(=O)N1CCc2ccc(C#N)cc21)C(F)(F)F. The smallest absolute Gasteiger partial charge is 0.425 e. The fraction of sp³-hybridized carbons (Fsp3) is 0.300. The average molecular weight is 438 g/mol. The number of nitrogens with zero attached hydrogens (tertiary/aromatic N) is 2. The first kappa shape index (κ1) is 21.6. The molecule has 0 fully saturated rings. The Morgan fingerprint density at radius 1 is 1.23 bits per heavy atom. The van der Waals surface area contributed by atoms with E-state index < -0.39 is 28.0 Å². The van der Waals surface area contributed by atoms with Crippen molar-refractivity contribution < 1.29 is 31.1 Å². The van der Waals surface area contributed by atoms with Crippen LogP contribution >= 0.6 is 0 Å². The Kier molecular flexibility index (Phi) is 5.52. The number of hydrogen-bond donors (Lipinski definition) is 0. The van der Waals surface area contributed by atoms with Gasteiger partial charge in [0.1, 0.15) is 5.75 Å². The minimum absolute atomic E-state index is 0.219. The molecule has 1 atom stereocenters. The molecule has 0 saturated heterocycles. The molecule has 0 aliphatic carbocycles. The van der Waals surface area contributed by atoms with Crippen LogP contribution in [0.3, 0.4) is 0 Å². The van der Waals surface area contributed by atoms with Gasteiger partial charge in [0.2, 0.25) is 0 Å². The Balaban J connectivity index is 2.08. The number of carbonyl (C=O) groups excluding carboxylic acids is 1. The zero-order chi connectivity index (χ0) is 22.3. The fourth-order valence-electron chi connectivity index (χ4n) is 3.07. The van der Waals surface area contributed by atoms with Crippen LogP contribution in [0.4, 0.5) is 18.9 Å². The van der Waals surface area contributed by atoms with E-state index >= 15 is 0 Å². The Labute approximate surface area is 171 Å². The molecular formula is C20H17F3N2O4S. The molecular weight excluding hydrogens is 421 g/mol. The van der Waals surface area contributed by atoms with E-state index in [-0.39, 0.29) is 22.8 Å². The van der Waals surface area contributed by atoms with Crippen molar-refractivity contribution in [1.82, 2.24) is 0 Å². The van der Waals surface area contributed by atoms with Gasteiger partial charge in [-0.25, -0.2) is 8.42 Å². The molecule has 10 heteroatoms. The molecule has 0 spiro atoms. The molecule has 2 aromatic carbocycles. The van der Waals surface area contributed by atoms with Crippen LogP contribution in [0.2, 0.25) is 0 Å². The number of anilines is 1. The predicted molar refractivity (Wildman–Crippen MR) is 102 cm³/mol. The molecule has 0 radical (unpaired) electrons. The van der Waals surface area contributed by atoms with Gasteiger partial charge in [0.05, 0.1) is 22.1 Å². The maximum absolute atomic E-state index is 13.2. The molecule has 0 saturated carbocycles. The van der Waals surface area contributed by atoms with Crippen molar-refractivity contribution in [3.05, 3.63) is 53.1 Å². The maximum Gasteiger partial charge on any atom is 0.425 e. The Morgan fingerprint density at radius 2 is 1.93 bits per heavy atom. The van der Waals surface area contributed by atoms with Crippen LogP contribution in [0.1, 0.15) is 28.4 Å². The van der Waals surface area contributed by atoms with Crippen LogP contribution in [0.15, 0.2) is 41.3 Å². The minimum Gasteiger partial charge on any atom is -0.480 e. The summed E-state index contributed by atoms with van der Waals surface area (Å²) in [6.07, 6.45) is -5.45. The fourth-order valence-corrected chi connectivity index (χ4v) is 3.72. The van der Waals surface area contributed by atoms with Crippen LogP contribution < -0.4 is 9.64 Å². The van der Waals surface area contributed by atoms with E-state index in [1.54, 1.807) is 12.1 Å². The highest BCUT2D eigenvalue weighted by Crippen LogP contribution is 2.34. The minimum atomic E-state index is -4.67. The van der Waals surface area contributed by atoms with Gasteiger partial charge in [-0.2, -0.15) is 18.4 Å². The standard InChI is InChI=1S/C20H17F3N2O4S/c1-12(20(21,22)23)29-18-6-5-15(30(2,27)28)10-16(18)19(26)25-8-7-14-4-3-13(11-24)9-17(14)25/h3-6,9-10,12H,7-8H2,1-2H3/t12-/m0/s1. The summed E-state index contributed by atoms with van der Waals surface area (Å²) >= 11 is 0. The second-order valence-electron chi connectivity index (χ2n) is 6.89. The van der Waals surface area contributed by atoms with Crippen LogP contribution in [0.25, 0.3) is 0 Å². The summed E-state index contributed by atoms with van der Waals surface area (Å²) in [5.74, 6) is -1.08. The number of rotatable bonds is 4. The number of nitriles is 1. The first-order valence-electron chi connectivity index (χ1n) is 8.84. The van der Waals surface area contributed by atoms with E-state index in [0.29, 0.717) is 17.7 Å².